The maximum atomic E-state index is 11.8. The third kappa shape index (κ3) is 5.03. The van der Waals surface area contributed by atoms with E-state index in [0.29, 0.717) is 16.6 Å². The Morgan fingerprint density at radius 1 is 1.12 bits per heavy atom. The number of carboxylic acid groups (broad SMARTS) is 1. The van der Waals surface area contributed by atoms with Crippen molar-refractivity contribution in [3.8, 4) is 11.3 Å². The van der Waals surface area contributed by atoms with Crippen LogP contribution in [-0.4, -0.2) is 40.0 Å². The number of rotatable bonds is 6. The normalized spacial score (nSPS) is 15.5. The van der Waals surface area contributed by atoms with Crippen LogP contribution in [0.25, 0.3) is 11.3 Å². The molecule has 1 aromatic heterocycles. The van der Waals surface area contributed by atoms with E-state index in [-0.39, 0.29) is 18.2 Å². The van der Waals surface area contributed by atoms with Gasteiger partial charge in [0.1, 0.15) is 5.01 Å². The molecule has 0 radical (unpaired) electrons. The van der Waals surface area contributed by atoms with Gasteiger partial charge in [0.05, 0.1) is 12.1 Å². The molecule has 4 rings (SSSR count). The largest absolute Gasteiger partial charge is 0.481 e. The summed E-state index contributed by atoms with van der Waals surface area (Å²) in [5.74, 6) is -0.372. The van der Waals surface area contributed by atoms with Crippen molar-refractivity contribution in [1.82, 2.24) is 9.88 Å². The first kappa shape index (κ1) is 22.5. The van der Waals surface area contributed by atoms with Gasteiger partial charge in [-0.1, -0.05) is 54.1 Å². The Morgan fingerprint density at radius 2 is 1.78 bits per heavy atom. The van der Waals surface area contributed by atoms with Crippen molar-refractivity contribution in [1.29, 1.82) is 0 Å². The van der Waals surface area contributed by atoms with Crippen molar-refractivity contribution in [2.24, 2.45) is 5.92 Å². The van der Waals surface area contributed by atoms with E-state index in [1.54, 1.807) is 19.1 Å². The van der Waals surface area contributed by atoms with E-state index in [4.69, 9.17) is 16.6 Å². The standard InChI is InChI=1S/C25H25ClN2O3S/c1-16(29)28-13-11-18(12-14-28)23(17-5-3-2-4-6-17)25-27-24(21(32-25)15-22(30)31)19-7-9-20(26)10-8-19/h2-10,18,23H,11-15H2,1H3,(H,30,31). The molecule has 1 atom stereocenters. The molecule has 0 spiro atoms. The topological polar surface area (TPSA) is 70.5 Å². The summed E-state index contributed by atoms with van der Waals surface area (Å²) in [4.78, 5) is 31.0. The molecule has 5 nitrogen and oxygen atoms in total. The van der Waals surface area contributed by atoms with Crippen LogP contribution in [0.15, 0.2) is 54.6 Å². The van der Waals surface area contributed by atoms with Gasteiger partial charge in [0, 0.05) is 41.4 Å². The number of benzene rings is 2. The van der Waals surface area contributed by atoms with Crippen molar-refractivity contribution in [3.05, 3.63) is 75.1 Å². The van der Waals surface area contributed by atoms with E-state index >= 15 is 0 Å². The second-order valence-electron chi connectivity index (χ2n) is 8.13. The summed E-state index contributed by atoms with van der Waals surface area (Å²) in [6.45, 7) is 3.09. The molecule has 32 heavy (non-hydrogen) atoms. The van der Waals surface area contributed by atoms with Crippen LogP contribution in [0.1, 0.15) is 41.1 Å². The lowest BCUT2D eigenvalue weighted by Crippen LogP contribution is -2.38. The number of likely N-dealkylation sites (tertiary alicyclic amines) is 1. The van der Waals surface area contributed by atoms with Crippen molar-refractivity contribution in [2.75, 3.05) is 13.1 Å². The van der Waals surface area contributed by atoms with E-state index in [2.05, 4.69) is 12.1 Å². The molecule has 3 aromatic rings. The minimum atomic E-state index is -0.874. The molecule has 1 aliphatic rings. The van der Waals surface area contributed by atoms with E-state index < -0.39 is 5.97 Å². The zero-order chi connectivity index (χ0) is 22.7. The highest BCUT2D eigenvalue weighted by Crippen LogP contribution is 2.42. The first-order valence-electron chi connectivity index (χ1n) is 10.7. The summed E-state index contributed by atoms with van der Waals surface area (Å²) in [6, 6.07) is 17.6. The number of aliphatic carboxylic acids is 1. The van der Waals surface area contributed by atoms with Crippen LogP contribution in [0.2, 0.25) is 5.02 Å². The number of hydrogen-bond acceptors (Lipinski definition) is 4. The van der Waals surface area contributed by atoms with E-state index in [0.717, 1.165) is 41.4 Å². The minimum Gasteiger partial charge on any atom is -0.481 e. The van der Waals surface area contributed by atoms with Gasteiger partial charge in [-0.2, -0.15) is 0 Å². The summed E-state index contributed by atoms with van der Waals surface area (Å²) in [6.07, 6.45) is 1.71. The Morgan fingerprint density at radius 3 is 2.38 bits per heavy atom. The van der Waals surface area contributed by atoms with Gasteiger partial charge in [0.2, 0.25) is 5.91 Å². The predicted octanol–water partition coefficient (Wildman–Crippen LogP) is 5.48. The van der Waals surface area contributed by atoms with Gasteiger partial charge >= 0.3 is 5.97 Å². The molecule has 7 heteroatoms. The number of carboxylic acids is 1. The van der Waals surface area contributed by atoms with Gasteiger partial charge in [-0.3, -0.25) is 9.59 Å². The average molecular weight is 469 g/mol. The smallest absolute Gasteiger partial charge is 0.308 e. The van der Waals surface area contributed by atoms with Gasteiger partial charge in [0.25, 0.3) is 0 Å². The van der Waals surface area contributed by atoms with Gasteiger partial charge in [-0.05, 0) is 36.5 Å². The van der Waals surface area contributed by atoms with Gasteiger partial charge in [0.15, 0.2) is 0 Å². The molecule has 1 N–H and O–H groups in total. The molecular weight excluding hydrogens is 444 g/mol. The molecule has 166 valence electrons. The van der Waals surface area contributed by atoms with E-state index in [9.17, 15) is 14.7 Å². The number of carbonyl (C=O) groups is 2. The lowest BCUT2D eigenvalue weighted by molar-refractivity contribution is -0.136. The third-order valence-electron chi connectivity index (χ3n) is 6.02. The number of hydrogen-bond donors (Lipinski definition) is 1. The van der Waals surface area contributed by atoms with Gasteiger partial charge in [-0.15, -0.1) is 11.3 Å². The summed E-state index contributed by atoms with van der Waals surface area (Å²) < 4.78 is 0. The first-order valence-corrected chi connectivity index (χ1v) is 11.9. The maximum Gasteiger partial charge on any atom is 0.308 e. The Balaban J connectivity index is 1.74. The highest BCUT2D eigenvalue weighted by molar-refractivity contribution is 7.12. The first-order chi connectivity index (χ1) is 15.4. The maximum absolute atomic E-state index is 11.8. The lowest BCUT2D eigenvalue weighted by Gasteiger charge is -2.35. The summed E-state index contributed by atoms with van der Waals surface area (Å²) in [7, 11) is 0. The molecule has 2 aromatic carbocycles. The number of thiazole rings is 1. The van der Waals surface area contributed by atoms with Crippen LogP contribution in [0, 0.1) is 5.92 Å². The molecule has 1 fully saturated rings. The van der Waals surface area contributed by atoms with Crippen molar-refractivity contribution in [2.45, 2.75) is 32.1 Å². The zero-order valence-corrected chi connectivity index (χ0v) is 19.4. The molecule has 0 aliphatic carbocycles. The average Bonchev–Trinajstić information content (AvgIpc) is 3.18. The van der Waals surface area contributed by atoms with E-state index in [1.165, 1.54) is 16.9 Å². The molecule has 0 bridgehead atoms. The second-order valence-corrected chi connectivity index (χ2v) is 9.68. The molecule has 1 aliphatic heterocycles. The second kappa shape index (κ2) is 9.84. The van der Waals surface area contributed by atoms with Crippen LogP contribution in [0.5, 0.6) is 0 Å². The number of aromatic nitrogens is 1. The molecule has 2 heterocycles. The Hall–Kier alpha value is -2.70. The molecule has 0 saturated carbocycles. The van der Waals surface area contributed by atoms with Crippen LogP contribution >= 0.6 is 22.9 Å². The quantitative estimate of drug-likeness (QED) is 0.520. The minimum absolute atomic E-state index is 0.0592. The molecule has 1 amide bonds. The SMILES string of the molecule is CC(=O)N1CCC(C(c2ccccc2)c2nc(-c3ccc(Cl)cc3)c(CC(=O)O)s2)CC1. The number of carbonyl (C=O) groups excluding carboxylic acids is 1. The van der Waals surface area contributed by atoms with Crippen molar-refractivity contribution < 1.29 is 14.7 Å². The Bertz CT molecular complexity index is 1090. The fourth-order valence-electron chi connectivity index (χ4n) is 4.42. The van der Waals surface area contributed by atoms with Crippen LogP contribution in [0.4, 0.5) is 0 Å². The highest BCUT2D eigenvalue weighted by atomic mass is 35.5. The number of amides is 1. The van der Waals surface area contributed by atoms with Gasteiger partial charge < -0.3 is 10.0 Å². The Kier molecular flexibility index (Phi) is 6.92. The molecule has 1 unspecified atom stereocenters. The fraction of sp³-hybridized carbons (Fsp3) is 0.320. The number of piperidine rings is 1. The monoisotopic (exact) mass is 468 g/mol. The summed E-state index contributed by atoms with van der Waals surface area (Å²) in [5.41, 5.74) is 2.75. The highest BCUT2D eigenvalue weighted by Gasteiger charge is 2.32. The zero-order valence-electron chi connectivity index (χ0n) is 17.8. The summed E-state index contributed by atoms with van der Waals surface area (Å²) >= 11 is 7.54. The molecule has 1 saturated heterocycles. The van der Waals surface area contributed by atoms with Gasteiger partial charge in [-0.25, -0.2) is 4.98 Å². The van der Waals surface area contributed by atoms with Crippen LogP contribution in [0.3, 0.4) is 0 Å². The van der Waals surface area contributed by atoms with E-state index in [1.807, 2.05) is 35.2 Å². The van der Waals surface area contributed by atoms with Crippen LogP contribution in [-0.2, 0) is 16.0 Å². The number of nitrogens with zero attached hydrogens (tertiary/aromatic N) is 2. The van der Waals surface area contributed by atoms with Crippen molar-refractivity contribution in [3.63, 3.8) is 0 Å². The molecular formula is C25H25ClN2O3S. The predicted molar refractivity (Wildman–Crippen MR) is 127 cm³/mol. The van der Waals surface area contributed by atoms with Crippen LogP contribution < -0.4 is 0 Å². The Labute approximate surface area is 196 Å². The van der Waals surface area contributed by atoms with Crippen molar-refractivity contribution >= 4 is 34.8 Å². The third-order valence-corrected chi connectivity index (χ3v) is 7.41. The summed E-state index contributed by atoms with van der Waals surface area (Å²) in [5, 5.41) is 11.1. The number of halogens is 1. The fourth-order valence-corrected chi connectivity index (χ4v) is 5.84. The lowest BCUT2D eigenvalue weighted by atomic mass is 9.80.